The average Bonchev–Trinajstić information content (AvgIpc) is 2.22. The van der Waals surface area contributed by atoms with Crippen LogP contribution in [0.2, 0.25) is 0 Å². The van der Waals surface area contributed by atoms with E-state index in [-0.39, 0.29) is 6.10 Å². The second kappa shape index (κ2) is 4.76. The maximum atomic E-state index is 10.5. The molecule has 0 spiro atoms. The molecule has 0 heterocycles. The van der Waals surface area contributed by atoms with Crippen molar-refractivity contribution in [1.82, 2.24) is 0 Å². The molecule has 110 valence electrons. The molecule has 1 N–H and O–H groups in total. The lowest BCUT2D eigenvalue weighted by Crippen LogP contribution is -2.47. The van der Waals surface area contributed by atoms with Gasteiger partial charge in [0.05, 0.1) is 6.10 Å². The summed E-state index contributed by atoms with van der Waals surface area (Å²) in [5, 5.41) is 10.5. The molecular formula is C18H32O. The lowest BCUT2D eigenvalue weighted by atomic mass is 9.48. The molecule has 19 heavy (non-hydrogen) atoms. The van der Waals surface area contributed by atoms with E-state index in [1.807, 2.05) is 0 Å². The molecule has 1 atom stereocenters. The molecule has 0 saturated heterocycles. The zero-order valence-corrected chi connectivity index (χ0v) is 13.1. The average molecular weight is 264 g/mol. The van der Waals surface area contributed by atoms with Gasteiger partial charge < -0.3 is 5.11 Å². The molecule has 1 heteroatoms. The first-order chi connectivity index (χ1) is 8.84. The zero-order chi connectivity index (χ0) is 13.7. The predicted octanol–water partition coefficient (Wildman–Crippen LogP) is 4.78. The Kier molecular flexibility index (Phi) is 3.48. The van der Waals surface area contributed by atoms with Crippen LogP contribution < -0.4 is 0 Å². The maximum absolute atomic E-state index is 10.5. The van der Waals surface area contributed by atoms with Gasteiger partial charge in [-0.2, -0.15) is 0 Å². The quantitative estimate of drug-likeness (QED) is 0.774. The maximum Gasteiger partial charge on any atom is 0.0545 e. The number of hydrogen-bond donors (Lipinski definition) is 1. The van der Waals surface area contributed by atoms with Gasteiger partial charge >= 0.3 is 0 Å². The van der Waals surface area contributed by atoms with Crippen LogP contribution in [0.5, 0.6) is 0 Å². The summed E-state index contributed by atoms with van der Waals surface area (Å²) in [4.78, 5) is 0. The monoisotopic (exact) mass is 264 g/mol. The van der Waals surface area contributed by atoms with Gasteiger partial charge in [0.25, 0.3) is 0 Å². The molecule has 0 radical (unpaired) electrons. The van der Waals surface area contributed by atoms with Crippen LogP contribution in [-0.2, 0) is 0 Å². The van der Waals surface area contributed by atoms with Gasteiger partial charge in [0.1, 0.15) is 0 Å². The van der Waals surface area contributed by atoms with E-state index in [2.05, 4.69) is 20.8 Å². The Hall–Kier alpha value is -0.0400. The molecule has 4 saturated carbocycles. The summed E-state index contributed by atoms with van der Waals surface area (Å²) < 4.78 is 0. The number of aliphatic hydroxyl groups excluding tert-OH is 1. The van der Waals surface area contributed by atoms with Gasteiger partial charge in [0, 0.05) is 0 Å². The van der Waals surface area contributed by atoms with Crippen LogP contribution in [0, 0.1) is 28.6 Å². The molecule has 0 aromatic heterocycles. The Balaban J connectivity index is 1.57. The third-order valence-electron chi connectivity index (χ3n) is 6.06. The zero-order valence-electron chi connectivity index (χ0n) is 13.1. The normalized spacial score (nSPS) is 42.6. The smallest absolute Gasteiger partial charge is 0.0545 e. The van der Waals surface area contributed by atoms with Crippen LogP contribution in [0.15, 0.2) is 0 Å². The second-order valence-corrected chi connectivity index (χ2v) is 9.37. The summed E-state index contributed by atoms with van der Waals surface area (Å²) in [5.74, 6) is 3.04. The first-order valence-corrected chi connectivity index (χ1v) is 8.52. The third-order valence-corrected chi connectivity index (χ3v) is 6.06. The van der Waals surface area contributed by atoms with Gasteiger partial charge in [-0.1, -0.05) is 20.8 Å². The minimum Gasteiger partial charge on any atom is -0.393 e. The SMILES string of the molecule is CC(C)(C)CCC(O)CC12CC3CC(CC(C3)C1)C2. The molecule has 0 amide bonds. The predicted molar refractivity (Wildman–Crippen MR) is 79.9 cm³/mol. The summed E-state index contributed by atoms with van der Waals surface area (Å²) in [6.45, 7) is 6.85. The van der Waals surface area contributed by atoms with Crippen LogP contribution in [-0.4, -0.2) is 11.2 Å². The Bertz CT molecular complexity index is 290. The molecule has 4 aliphatic rings. The van der Waals surface area contributed by atoms with Crippen molar-refractivity contribution in [3.63, 3.8) is 0 Å². The van der Waals surface area contributed by atoms with Crippen LogP contribution in [0.3, 0.4) is 0 Å². The molecule has 0 aromatic rings. The summed E-state index contributed by atoms with van der Waals surface area (Å²) in [7, 11) is 0. The number of aliphatic hydroxyl groups is 1. The molecule has 4 rings (SSSR count). The fourth-order valence-electron chi connectivity index (χ4n) is 5.74. The van der Waals surface area contributed by atoms with Crippen LogP contribution in [0.4, 0.5) is 0 Å². The fraction of sp³-hybridized carbons (Fsp3) is 1.00. The molecule has 4 bridgehead atoms. The van der Waals surface area contributed by atoms with Crippen molar-refractivity contribution in [2.75, 3.05) is 0 Å². The summed E-state index contributed by atoms with van der Waals surface area (Å²) in [6, 6.07) is 0. The molecule has 4 aliphatic carbocycles. The van der Waals surface area contributed by atoms with Crippen molar-refractivity contribution in [3.8, 4) is 0 Å². The van der Waals surface area contributed by atoms with E-state index in [0.29, 0.717) is 10.8 Å². The highest BCUT2D eigenvalue weighted by molar-refractivity contribution is 5.02. The topological polar surface area (TPSA) is 20.2 Å². The minimum atomic E-state index is -0.0459. The van der Waals surface area contributed by atoms with E-state index in [1.54, 1.807) is 0 Å². The molecule has 1 unspecified atom stereocenters. The van der Waals surface area contributed by atoms with Crippen molar-refractivity contribution in [3.05, 3.63) is 0 Å². The van der Waals surface area contributed by atoms with E-state index in [4.69, 9.17) is 0 Å². The van der Waals surface area contributed by atoms with Gasteiger partial charge in [0.15, 0.2) is 0 Å². The first kappa shape index (κ1) is 13.9. The standard InChI is InChI=1S/C18H32O/c1-17(2,3)5-4-16(19)12-18-9-13-6-14(10-18)8-15(7-13)11-18/h13-16,19H,4-12H2,1-3H3. The van der Waals surface area contributed by atoms with E-state index in [1.165, 1.54) is 38.5 Å². The third kappa shape index (κ3) is 3.17. The van der Waals surface area contributed by atoms with Crippen molar-refractivity contribution in [2.45, 2.75) is 84.7 Å². The van der Waals surface area contributed by atoms with Crippen LogP contribution >= 0.6 is 0 Å². The number of hydrogen-bond acceptors (Lipinski definition) is 1. The lowest BCUT2D eigenvalue weighted by Gasteiger charge is -2.57. The molecule has 0 aromatic carbocycles. The van der Waals surface area contributed by atoms with E-state index < -0.39 is 0 Å². The number of rotatable bonds is 4. The summed E-state index contributed by atoms with van der Waals surface area (Å²) in [5.41, 5.74) is 0.911. The summed E-state index contributed by atoms with van der Waals surface area (Å²) >= 11 is 0. The molecule has 1 nitrogen and oxygen atoms in total. The highest BCUT2D eigenvalue weighted by atomic mass is 16.3. The van der Waals surface area contributed by atoms with E-state index in [0.717, 1.165) is 37.0 Å². The van der Waals surface area contributed by atoms with E-state index >= 15 is 0 Å². The Morgan fingerprint density at radius 1 is 1.00 bits per heavy atom. The van der Waals surface area contributed by atoms with Gasteiger partial charge in [-0.25, -0.2) is 0 Å². The summed E-state index contributed by atoms with van der Waals surface area (Å²) in [6.07, 6.45) is 12.1. The largest absolute Gasteiger partial charge is 0.393 e. The van der Waals surface area contributed by atoms with Crippen molar-refractivity contribution >= 4 is 0 Å². The molecule has 0 aliphatic heterocycles. The molecule has 4 fully saturated rings. The van der Waals surface area contributed by atoms with Crippen molar-refractivity contribution in [2.24, 2.45) is 28.6 Å². The van der Waals surface area contributed by atoms with E-state index in [9.17, 15) is 5.11 Å². The van der Waals surface area contributed by atoms with Gasteiger partial charge in [-0.3, -0.25) is 0 Å². The van der Waals surface area contributed by atoms with Crippen molar-refractivity contribution < 1.29 is 5.11 Å². The van der Waals surface area contributed by atoms with Crippen LogP contribution in [0.25, 0.3) is 0 Å². The Morgan fingerprint density at radius 3 is 1.89 bits per heavy atom. The fourth-order valence-corrected chi connectivity index (χ4v) is 5.74. The van der Waals surface area contributed by atoms with Gasteiger partial charge in [-0.15, -0.1) is 0 Å². The molecular weight excluding hydrogens is 232 g/mol. The first-order valence-electron chi connectivity index (χ1n) is 8.52. The lowest BCUT2D eigenvalue weighted by molar-refractivity contribution is -0.0774. The Morgan fingerprint density at radius 2 is 1.47 bits per heavy atom. The highest BCUT2D eigenvalue weighted by Gasteiger charge is 2.51. The van der Waals surface area contributed by atoms with Crippen molar-refractivity contribution in [1.29, 1.82) is 0 Å². The highest BCUT2D eigenvalue weighted by Crippen LogP contribution is 2.61. The second-order valence-electron chi connectivity index (χ2n) is 9.37. The Labute approximate surface area is 119 Å². The van der Waals surface area contributed by atoms with Gasteiger partial charge in [0.2, 0.25) is 0 Å². The van der Waals surface area contributed by atoms with Gasteiger partial charge in [-0.05, 0) is 86.4 Å². The minimum absolute atomic E-state index is 0.0459. The van der Waals surface area contributed by atoms with Crippen LogP contribution in [0.1, 0.15) is 78.6 Å².